The fraction of sp³-hybridized carbons (Fsp3) is 0.391. The predicted octanol–water partition coefficient (Wildman–Crippen LogP) is 3.69. The largest absolute Gasteiger partial charge is 0.352 e. The first kappa shape index (κ1) is 28.8. The molecule has 0 aliphatic carbocycles. The molecular weight excluding hydrogens is 518 g/mol. The molecule has 12 heteroatoms. The Bertz CT molecular complexity index is 1140. The maximum absolute atomic E-state index is 13.6. The lowest BCUT2D eigenvalue weighted by Gasteiger charge is -2.33. The van der Waals surface area contributed by atoms with Crippen molar-refractivity contribution in [1.29, 1.82) is 0 Å². The average Bonchev–Trinajstić information content (AvgIpc) is 2.76. The van der Waals surface area contributed by atoms with Gasteiger partial charge in [0, 0.05) is 42.3 Å². The van der Waals surface area contributed by atoms with E-state index in [-0.39, 0.29) is 18.3 Å². The lowest BCUT2D eigenvalue weighted by molar-refractivity contribution is -0.139. The Morgan fingerprint density at radius 3 is 2.03 bits per heavy atom. The molecule has 0 spiro atoms. The molecule has 1 atom stereocenters. The maximum atomic E-state index is 13.6. The van der Waals surface area contributed by atoms with Gasteiger partial charge >= 0.3 is 10.2 Å². The van der Waals surface area contributed by atoms with Crippen molar-refractivity contribution in [3.8, 4) is 0 Å². The van der Waals surface area contributed by atoms with E-state index in [0.717, 1.165) is 20.7 Å². The minimum absolute atomic E-state index is 0.0865. The number of amides is 2. The van der Waals surface area contributed by atoms with Gasteiger partial charge < -0.3 is 10.2 Å². The molecule has 2 rings (SSSR count). The third-order valence-electron chi connectivity index (χ3n) is 5.12. The Hall–Kier alpha value is -2.40. The second-order valence-electron chi connectivity index (χ2n) is 8.33. The van der Waals surface area contributed by atoms with Gasteiger partial charge in [-0.3, -0.25) is 9.59 Å². The molecular formula is C23H29Cl2FN4O4S. The number of carbonyl (C=O) groups is 2. The first-order valence-electron chi connectivity index (χ1n) is 10.7. The van der Waals surface area contributed by atoms with E-state index in [1.54, 1.807) is 32.0 Å². The number of hydrogen-bond donors (Lipinski definition) is 1. The lowest BCUT2D eigenvalue weighted by atomic mass is 10.1. The van der Waals surface area contributed by atoms with Crippen molar-refractivity contribution in [1.82, 2.24) is 14.5 Å². The Balaban J connectivity index is 2.51. The van der Waals surface area contributed by atoms with Gasteiger partial charge in [0.2, 0.25) is 11.8 Å². The molecule has 1 unspecified atom stereocenters. The first-order valence-corrected chi connectivity index (χ1v) is 12.9. The van der Waals surface area contributed by atoms with Crippen molar-refractivity contribution in [2.45, 2.75) is 39.4 Å². The van der Waals surface area contributed by atoms with Gasteiger partial charge in [-0.05, 0) is 57.2 Å². The van der Waals surface area contributed by atoms with Gasteiger partial charge in [0.15, 0.2) is 0 Å². The molecule has 1 N–H and O–H groups in total. The van der Waals surface area contributed by atoms with Gasteiger partial charge in [0.1, 0.15) is 18.4 Å². The molecule has 2 aromatic carbocycles. The first-order chi connectivity index (χ1) is 16.2. The summed E-state index contributed by atoms with van der Waals surface area (Å²) in [6.45, 7) is 4.31. The van der Waals surface area contributed by atoms with Crippen LogP contribution in [0.4, 0.5) is 10.1 Å². The van der Waals surface area contributed by atoms with Crippen LogP contribution >= 0.6 is 23.2 Å². The molecule has 8 nitrogen and oxygen atoms in total. The van der Waals surface area contributed by atoms with Crippen molar-refractivity contribution >= 4 is 50.9 Å². The Morgan fingerprint density at radius 2 is 1.54 bits per heavy atom. The summed E-state index contributed by atoms with van der Waals surface area (Å²) in [6, 6.07) is 8.40. The van der Waals surface area contributed by atoms with Crippen LogP contribution in [0.1, 0.15) is 26.3 Å². The summed E-state index contributed by atoms with van der Waals surface area (Å²) in [7, 11) is -1.51. The van der Waals surface area contributed by atoms with E-state index in [0.29, 0.717) is 15.6 Å². The number of benzene rings is 2. The van der Waals surface area contributed by atoms with Gasteiger partial charge in [0.25, 0.3) is 0 Å². The number of carbonyl (C=O) groups excluding carboxylic acids is 2. The number of nitrogens with zero attached hydrogens (tertiary/aromatic N) is 3. The fourth-order valence-corrected chi connectivity index (χ4v) is 4.74. The number of nitrogens with one attached hydrogen (secondary N) is 1. The molecule has 0 fully saturated rings. The number of halogens is 3. The molecule has 0 saturated heterocycles. The SMILES string of the molecule is CC(C)NC(=O)C(C)N(Cc1c(Cl)cccc1Cl)C(=O)CN(c1ccc(F)cc1)S(=O)(=O)N(C)C. The van der Waals surface area contributed by atoms with Gasteiger partial charge in [-0.25, -0.2) is 8.70 Å². The molecule has 0 bridgehead atoms. The molecule has 0 aliphatic heterocycles. The summed E-state index contributed by atoms with van der Waals surface area (Å²) in [5, 5.41) is 3.34. The monoisotopic (exact) mass is 546 g/mol. The van der Waals surface area contributed by atoms with E-state index in [9.17, 15) is 22.4 Å². The van der Waals surface area contributed by atoms with E-state index < -0.39 is 40.4 Å². The molecule has 0 heterocycles. The molecule has 2 amide bonds. The van der Waals surface area contributed by atoms with Crippen LogP contribution in [0.2, 0.25) is 10.0 Å². The van der Waals surface area contributed by atoms with E-state index in [1.165, 1.54) is 38.1 Å². The molecule has 0 radical (unpaired) electrons. The van der Waals surface area contributed by atoms with Crippen molar-refractivity contribution in [2.24, 2.45) is 0 Å². The Morgan fingerprint density at radius 1 is 1.00 bits per heavy atom. The van der Waals surface area contributed by atoms with Crippen molar-refractivity contribution < 1.29 is 22.4 Å². The number of anilines is 1. The minimum atomic E-state index is -4.14. The molecule has 2 aromatic rings. The summed E-state index contributed by atoms with van der Waals surface area (Å²) >= 11 is 12.6. The van der Waals surface area contributed by atoms with Gasteiger partial charge in [-0.2, -0.15) is 12.7 Å². The highest BCUT2D eigenvalue weighted by Gasteiger charge is 2.33. The molecule has 0 aromatic heterocycles. The van der Waals surface area contributed by atoms with E-state index in [4.69, 9.17) is 23.2 Å². The summed E-state index contributed by atoms with van der Waals surface area (Å²) < 4.78 is 41.4. The second kappa shape index (κ2) is 12.0. The summed E-state index contributed by atoms with van der Waals surface area (Å²) in [6.07, 6.45) is 0. The van der Waals surface area contributed by atoms with Crippen LogP contribution in [0.5, 0.6) is 0 Å². The summed E-state index contributed by atoms with van der Waals surface area (Å²) in [4.78, 5) is 27.6. The number of rotatable bonds is 10. The van der Waals surface area contributed by atoms with Crippen LogP contribution in [0, 0.1) is 5.82 Å². The Kier molecular flexibility index (Phi) is 9.91. The van der Waals surface area contributed by atoms with Crippen LogP contribution in [0.15, 0.2) is 42.5 Å². The molecule has 0 saturated carbocycles. The van der Waals surface area contributed by atoms with Gasteiger partial charge in [-0.15, -0.1) is 0 Å². The topological polar surface area (TPSA) is 90.0 Å². The van der Waals surface area contributed by atoms with E-state index in [2.05, 4.69) is 5.32 Å². The highest BCUT2D eigenvalue weighted by molar-refractivity contribution is 7.90. The normalized spacial score (nSPS) is 12.5. The Labute approximate surface area is 215 Å². The minimum Gasteiger partial charge on any atom is -0.352 e. The van der Waals surface area contributed by atoms with Crippen molar-refractivity contribution in [3.05, 3.63) is 63.9 Å². The standard InChI is InChI=1S/C23H29Cl2FN4O4S/c1-15(2)27-23(32)16(3)29(13-19-20(24)7-6-8-21(19)25)22(31)14-30(35(33,34)28(4)5)18-11-9-17(26)10-12-18/h6-12,15-16H,13-14H2,1-5H3,(H,27,32). The third kappa shape index (κ3) is 7.30. The third-order valence-corrected chi connectivity index (χ3v) is 7.65. The van der Waals surface area contributed by atoms with Crippen molar-refractivity contribution in [3.63, 3.8) is 0 Å². The van der Waals surface area contributed by atoms with E-state index >= 15 is 0 Å². The van der Waals surface area contributed by atoms with E-state index in [1.807, 2.05) is 0 Å². The van der Waals surface area contributed by atoms with Crippen LogP contribution in [-0.4, -0.2) is 62.2 Å². The average molecular weight is 547 g/mol. The predicted molar refractivity (Wildman–Crippen MR) is 136 cm³/mol. The quantitative estimate of drug-likeness (QED) is 0.492. The number of hydrogen-bond acceptors (Lipinski definition) is 4. The summed E-state index contributed by atoms with van der Waals surface area (Å²) in [5.41, 5.74) is 0.501. The zero-order chi connectivity index (χ0) is 26.5. The zero-order valence-electron chi connectivity index (χ0n) is 20.1. The fourth-order valence-electron chi connectivity index (χ4n) is 3.17. The highest BCUT2D eigenvalue weighted by atomic mass is 35.5. The summed E-state index contributed by atoms with van der Waals surface area (Å²) in [5.74, 6) is -1.67. The van der Waals surface area contributed by atoms with Gasteiger partial charge in [0.05, 0.1) is 5.69 Å². The second-order valence-corrected chi connectivity index (χ2v) is 11.2. The van der Waals surface area contributed by atoms with Crippen LogP contribution < -0.4 is 9.62 Å². The highest BCUT2D eigenvalue weighted by Crippen LogP contribution is 2.27. The molecule has 0 aliphatic rings. The molecule has 192 valence electrons. The van der Waals surface area contributed by atoms with Crippen LogP contribution in [0.3, 0.4) is 0 Å². The van der Waals surface area contributed by atoms with Crippen LogP contribution in [-0.2, 0) is 26.3 Å². The van der Waals surface area contributed by atoms with Crippen molar-refractivity contribution in [2.75, 3.05) is 24.9 Å². The lowest BCUT2D eigenvalue weighted by Crippen LogP contribution is -2.53. The molecule has 35 heavy (non-hydrogen) atoms. The van der Waals surface area contributed by atoms with Gasteiger partial charge in [-0.1, -0.05) is 29.3 Å². The zero-order valence-corrected chi connectivity index (χ0v) is 22.5. The van der Waals surface area contributed by atoms with Crippen LogP contribution in [0.25, 0.3) is 0 Å². The smallest absolute Gasteiger partial charge is 0.304 e. The maximum Gasteiger partial charge on any atom is 0.304 e.